The number of anilines is 2. The maximum absolute atomic E-state index is 11.9. The number of nitro groups is 1. The van der Waals surface area contributed by atoms with Crippen LogP contribution in [0.2, 0.25) is 0 Å². The summed E-state index contributed by atoms with van der Waals surface area (Å²) >= 11 is 0. The fourth-order valence-electron chi connectivity index (χ4n) is 2.89. The van der Waals surface area contributed by atoms with Crippen LogP contribution in [0, 0.1) is 10.1 Å². The van der Waals surface area contributed by atoms with Gasteiger partial charge in [0.1, 0.15) is 11.5 Å². The Labute approximate surface area is 179 Å². The van der Waals surface area contributed by atoms with E-state index in [1.165, 1.54) is 23.2 Å². The summed E-state index contributed by atoms with van der Waals surface area (Å²) in [6.45, 7) is 0. The molecule has 2 aromatic carbocycles. The zero-order chi connectivity index (χ0) is 22.4. The molecule has 0 saturated carbocycles. The van der Waals surface area contributed by atoms with E-state index in [4.69, 9.17) is 10.5 Å². The standard InChI is InChI=1S/C22H23N5O4/c1-26(2)22(28)19(23)14-15-5-9-17(10-6-15)31-18-11-7-16(8-12-18)25-21-20(27(29)30)4-3-13-24-21/h3-13,19H,14,23H2,1-2H3,(H,24,25)/t19-/m1/s1. The molecule has 0 aliphatic carbocycles. The molecule has 9 nitrogen and oxygen atoms in total. The summed E-state index contributed by atoms with van der Waals surface area (Å²) in [5.74, 6) is 1.29. The van der Waals surface area contributed by atoms with Gasteiger partial charge in [-0.1, -0.05) is 12.1 Å². The SMILES string of the molecule is CN(C)C(=O)[C@H](N)Cc1ccc(Oc2ccc(Nc3ncccc3[N+](=O)[O-])cc2)cc1. The van der Waals surface area contributed by atoms with Crippen LogP contribution >= 0.6 is 0 Å². The molecule has 0 bridgehead atoms. The number of amides is 1. The predicted octanol–water partition coefficient (Wildman–Crippen LogP) is 3.48. The first-order valence-corrected chi connectivity index (χ1v) is 9.53. The Morgan fingerprint density at radius 3 is 2.32 bits per heavy atom. The van der Waals surface area contributed by atoms with E-state index >= 15 is 0 Å². The zero-order valence-corrected chi connectivity index (χ0v) is 17.2. The first-order valence-electron chi connectivity index (χ1n) is 9.53. The summed E-state index contributed by atoms with van der Waals surface area (Å²) in [6, 6.07) is 16.7. The molecule has 0 saturated heterocycles. The highest BCUT2D eigenvalue weighted by Crippen LogP contribution is 2.27. The van der Waals surface area contributed by atoms with E-state index in [0.29, 0.717) is 23.6 Å². The highest BCUT2D eigenvalue weighted by atomic mass is 16.6. The van der Waals surface area contributed by atoms with Gasteiger partial charge >= 0.3 is 5.69 Å². The van der Waals surface area contributed by atoms with Gasteiger partial charge in [-0.3, -0.25) is 14.9 Å². The topological polar surface area (TPSA) is 124 Å². The van der Waals surface area contributed by atoms with Gasteiger partial charge < -0.3 is 20.7 Å². The molecule has 160 valence electrons. The molecule has 0 unspecified atom stereocenters. The first-order chi connectivity index (χ1) is 14.8. The number of carbonyl (C=O) groups is 1. The van der Waals surface area contributed by atoms with Crippen molar-refractivity contribution in [1.29, 1.82) is 0 Å². The molecule has 3 aromatic rings. The molecule has 9 heteroatoms. The maximum Gasteiger partial charge on any atom is 0.311 e. The number of hydrogen-bond donors (Lipinski definition) is 2. The second kappa shape index (κ2) is 9.68. The molecule has 31 heavy (non-hydrogen) atoms. The van der Waals surface area contributed by atoms with Gasteiger partial charge in [-0.25, -0.2) is 4.98 Å². The normalized spacial score (nSPS) is 11.5. The highest BCUT2D eigenvalue weighted by Gasteiger charge is 2.16. The summed E-state index contributed by atoms with van der Waals surface area (Å²) in [4.78, 5) is 28.0. The lowest BCUT2D eigenvalue weighted by Crippen LogP contribution is -2.41. The molecule has 0 fully saturated rings. The van der Waals surface area contributed by atoms with E-state index in [9.17, 15) is 14.9 Å². The van der Waals surface area contributed by atoms with Crippen LogP contribution in [0.4, 0.5) is 17.2 Å². The van der Waals surface area contributed by atoms with Crippen LogP contribution in [0.25, 0.3) is 0 Å². The van der Waals surface area contributed by atoms with Gasteiger partial charge in [-0.15, -0.1) is 0 Å². The Bertz CT molecular complexity index is 1050. The van der Waals surface area contributed by atoms with E-state index in [1.807, 2.05) is 24.3 Å². The number of likely N-dealkylation sites (N-methyl/N-ethyl adjacent to an activating group) is 1. The Morgan fingerprint density at radius 2 is 1.74 bits per heavy atom. The fraction of sp³-hybridized carbons (Fsp3) is 0.182. The van der Waals surface area contributed by atoms with Crippen LogP contribution in [0.15, 0.2) is 66.9 Å². The van der Waals surface area contributed by atoms with Crippen molar-refractivity contribution in [2.45, 2.75) is 12.5 Å². The molecule has 1 atom stereocenters. The van der Waals surface area contributed by atoms with Crippen LogP contribution < -0.4 is 15.8 Å². The second-order valence-corrected chi connectivity index (χ2v) is 7.07. The van der Waals surface area contributed by atoms with E-state index < -0.39 is 11.0 Å². The minimum Gasteiger partial charge on any atom is -0.457 e. The molecule has 1 heterocycles. The largest absolute Gasteiger partial charge is 0.457 e. The number of carbonyl (C=O) groups excluding carboxylic acids is 1. The number of nitrogens with two attached hydrogens (primary N) is 1. The highest BCUT2D eigenvalue weighted by molar-refractivity contribution is 5.81. The third kappa shape index (κ3) is 5.77. The van der Waals surface area contributed by atoms with E-state index in [0.717, 1.165) is 5.56 Å². The predicted molar refractivity (Wildman–Crippen MR) is 118 cm³/mol. The molecule has 3 rings (SSSR count). The molecule has 0 aliphatic rings. The van der Waals surface area contributed by atoms with E-state index in [1.54, 1.807) is 38.4 Å². The van der Waals surface area contributed by atoms with Crippen LogP contribution in [0.3, 0.4) is 0 Å². The van der Waals surface area contributed by atoms with E-state index in [-0.39, 0.29) is 17.4 Å². The molecule has 1 amide bonds. The number of hydrogen-bond acceptors (Lipinski definition) is 7. The summed E-state index contributed by atoms with van der Waals surface area (Å²) in [5, 5.41) is 14.0. The molecule has 0 spiro atoms. The molecule has 1 aromatic heterocycles. The quantitative estimate of drug-likeness (QED) is 0.421. The molecule has 0 aliphatic heterocycles. The second-order valence-electron chi connectivity index (χ2n) is 7.07. The number of rotatable bonds is 8. The third-order valence-corrected chi connectivity index (χ3v) is 4.47. The lowest BCUT2D eigenvalue weighted by Gasteiger charge is -2.16. The van der Waals surface area contributed by atoms with E-state index in [2.05, 4.69) is 10.3 Å². The minimum atomic E-state index is -0.586. The van der Waals surface area contributed by atoms with Crippen molar-refractivity contribution in [1.82, 2.24) is 9.88 Å². The third-order valence-electron chi connectivity index (χ3n) is 4.47. The van der Waals surface area contributed by atoms with Crippen molar-refractivity contribution in [2.24, 2.45) is 5.73 Å². The molecular weight excluding hydrogens is 398 g/mol. The van der Waals surface area contributed by atoms with Crippen molar-refractivity contribution < 1.29 is 14.5 Å². The minimum absolute atomic E-state index is 0.102. The van der Waals surface area contributed by atoms with Gasteiger partial charge in [0, 0.05) is 32.0 Å². The number of ether oxygens (including phenoxy) is 1. The van der Waals surface area contributed by atoms with Crippen LogP contribution in [0.5, 0.6) is 11.5 Å². The first kappa shape index (κ1) is 21.7. The fourth-order valence-corrected chi connectivity index (χ4v) is 2.89. The number of pyridine rings is 1. The average Bonchev–Trinajstić information content (AvgIpc) is 2.76. The number of nitrogens with one attached hydrogen (secondary N) is 1. The van der Waals surface area contributed by atoms with Crippen molar-refractivity contribution >= 4 is 23.1 Å². The molecule has 0 radical (unpaired) electrons. The summed E-state index contributed by atoms with van der Waals surface area (Å²) in [7, 11) is 3.36. The summed E-state index contributed by atoms with van der Waals surface area (Å²) < 4.78 is 5.83. The number of aromatic nitrogens is 1. The van der Waals surface area contributed by atoms with Crippen molar-refractivity contribution in [3.63, 3.8) is 0 Å². The van der Waals surface area contributed by atoms with Crippen LogP contribution in [-0.4, -0.2) is 40.9 Å². The average molecular weight is 421 g/mol. The Balaban J connectivity index is 1.61. The van der Waals surface area contributed by atoms with Crippen LogP contribution in [0.1, 0.15) is 5.56 Å². The lowest BCUT2D eigenvalue weighted by atomic mass is 10.1. The van der Waals surface area contributed by atoms with Crippen molar-refractivity contribution in [3.05, 3.63) is 82.5 Å². The van der Waals surface area contributed by atoms with Gasteiger partial charge in [0.15, 0.2) is 0 Å². The molecule has 3 N–H and O–H groups in total. The summed E-state index contributed by atoms with van der Waals surface area (Å²) in [6.07, 6.45) is 1.93. The van der Waals surface area contributed by atoms with Gasteiger partial charge in [0.25, 0.3) is 0 Å². The monoisotopic (exact) mass is 421 g/mol. The Kier molecular flexibility index (Phi) is 6.78. The van der Waals surface area contributed by atoms with Gasteiger partial charge in [0.05, 0.1) is 11.0 Å². The van der Waals surface area contributed by atoms with Crippen molar-refractivity contribution in [3.8, 4) is 11.5 Å². The van der Waals surface area contributed by atoms with Gasteiger partial charge in [-0.05, 0) is 54.4 Å². The summed E-state index contributed by atoms with van der Waals surface area (Å²) in [5.41, 5.74) is 7.41. The van der Waals surface area contributed by atoms with Gasteiger partial charge in [-0.2, -0.15) is 0 Å². The van der Waals surface area contributed by atoms with Gasteiger partial charge in [0.2, 0.25) is 11.7 Å². The van der Waals surface area contributed by atoms with Crippen LogP contribution in [-0.2, 0) is 11.2 Å². The molecular formula is C22H23N5O4. The number of nitrogens with zero attached hydrogens (tertiary/aromatic N) is 3. The Hall–Kier alpha value is -3.98. The lowest BCUT2D eigenvalue weighted by molar-refractivity contribution is -0.384. The Morgan fingerprint density at radius 1 is 1.13 bits per heavy atom. The zero-order valence-electron chi connectivity index (χ0n) is 17.2. The maximum atomic E-state index is 11.9. The van der Waals surface area contributed by atoms with Crippen molar-refractivity contribution in [2.75, 3.05) is 19.4 Å². The smallest absolute Gasteiger partial charge is 0.311 e. The number of benzene rings is 2.